The van der Waals surface area contributed by atoms with Crippen molar-refractivity contribution >= 4 is 22.8 Å². The molecule has 4 rings (SSSR count). The fourth-order valence-corrected chi connectivity index (χ4v) is 2.48. The molecule has 0 saturated carbocycles. The molecular formula is C18H14N6O. The van der Waals surface area contributed by atoms with Crippen molar-refractivity contribution in [2.45, 2.75) is 6.92 Å². The van der Waals surface area contributed by atoms with Crippen LogP contribution in [0, 0.1) is 6.92 Å². The summed E-state index contributed by atoms with van der Waals surface area (Å²) in [4.78, 5) is 32.7. The SMILES string of the molecule is Cc1ccc(NC(=O)c2ccnc3[nH]c(-c4ccncc4)nc23)cn1. The Bertz CT molecular complexity index is 1040. The largest absolute Gasteiger partial charge is 0.323 e. The minimum Gasteiger partial charge on any atom is -0.323 e. The maximum absolute atomic E-state index is 12.6. The normalized spacial score (nSPS) is 10.8. The molecule has 4 aromatic rings. The Morgan fingerprint density at radius 2 is 1.88 bits per heavy atom. The van der Waals surface area contributed by atoms with Crippen molar-refractivity contribution in [3.05, 3.63) is 66.4 Å². The van der Waals surface area contributed by atoms with Crippen LogP contribution in [0.25, 0.3) is 22.6 Å². The summed E-state index contributed by atoms with van der Waals surface area (Å²) in [6.45, 7) is 1.89. The molecule has 7 nitrogen and oxygen atoms in total. The zero-order valence-electron chi connectivity index (χ0n) is 13.4. The van der Waals surface area contributed by atoms with E-state index < -0.39 is 0 Å². The number of hydrogen-bond donors (Lipinski definition) is 2. The van der Waals surface area contributed by atoms with Gasteiger partial charge in [-0.1, -0.05) is 0 Å². The number of imidazole rings is 1. The van der Waals surface area contributed by atoms with Gasteiger partial charge in [0.15, 0.2) is 5.65 Å². The lowest BCUT2D eigenvalue weighted by Crippen LogP contribution is -2.12. The first-order valence-electron chi connectivity index (χ1n) is 7.70. The van der Waals surface area contributed by atoms with Crippen molar-refractivity contribution in [2.24, 2.45) is 0 Å². The van der Waals surface area contributed by atoms with Crippen LogP contribution in [-0.4, -0.2) is 30.8 Å². The third kappa shape index (κ3) is 2.94. The maximum Gasteiger partial charge on any atom is 0.258 e. The summed E-state index contributed by atoms with van der Waals surface area (Å²) in [5.41, 5.74) is 3.92. The lowest BCUT2D eigenvalue weighted by molar-refractivity contribution is 0.102. The number of H-pyrrole nitrogens is 1. The van der Waals surface area contributed by atoms with Crippen LogP contribution in [0.3, 0.4) is 0 Å². The summed E-state index contributed by atoms with van der Waals surface area (Å²) in [6, 6.07) is 8.99. The van der Waals surface area contributed by atoms with E-state index in [9.17, 15) is 4.79 Å². The Morgan fingerprint density at radius 1 is 1.04 bits per heavy atom. The minimum absolute atomic E-state index is 0.258. The number of anilines is 1. The van der Waals surface area contributed by atoms with E-state index in [0.29, 0.717) is 28.2 Å². The van der Waals surface area contributed by atoms with Gasteiger partial charge in [-0.15, -0.1) is 0 Å². The maximum atomic E-state index is 12.6. The van der Waals surface area contributed by atoms with Crippen LogP contribution < -0.4 is 5.32 Å². The van der Waals surface area contributed by atoms with Crippen molar-refractivity contribution in [3.63, 3.8) is 0 Å². The first-order valence-corrected chi connectivity index (χ1v) is 7.70. The van der Waals surface area contributed by atoms with E-state index in [4.69, 9.17) is 0 Å². The molecule has 0 aliphatic carbocycles. The van der Waals surface area contributed by atoms with Gasteiger partial charge in [0, 0.05) is 29.8 Å². The van der Waals surface area contributed by atoms with Crippen LogP contribution >= 0.6 is 0 Å². The van der Waals surface area contributed by atoms with E-state index in [1.807, 2.05) is 31.2 Å². The fourth-order valence-electron chi connectivity index (χ4n) is 2.48. The van der Waals surface area contributed by atoms with Gasteiger partial charge in [-0.25, -0.2) is 9.97 Å². The third-order valence-corrected chi connectivity index (χ3v) is 3.75. The van der Waals surface area contributed by atoms with Crippen molar-refractivity contribution in [1.82, 2.24) is 24.9 Å². The van der Waals surface area contributed by atoms with E-state index in [-0.39, 0.29) is 5.91 Å². The summed E-state index contributed by atoms with van der Waals surface area (Å²) >= 11 is 0. The van der Waals surface area contributed by atoms with Crippen LogP contribution in [-0.2, 0) is 0 Å². The lowest BCUT2D eigenvalue weighted by Gasteiger charge is -2.05. The minimum atomic E-state index is -0.258. The molecule has 4 heterocycles. The number of nitrogens with one attached hydrogen (secondary N) is 2. The molecule has 0 spiro atoms. The average molecular weight is 330 g/mol. The second-order valence-electron chi connectivity index (χ2n) is 5.52. The molecule has 1 amide bonds. The van der Waals surface area contributed by atoms with Crippen molar-refractivity contribution in [3.8, 4) is 11.4 Å². The Labute approximate surface area is 143 Å². The number of carbonyl (C=O) groups is 1. The predicted octanol–water partition coefficient (Wildman–Crippen LogP) is 2.98. The number of aromatic nitrogens is 5. The number of nitrogens with zero attached hydrogens (tertiary/aromatic N) is 4. The van der Waals surface area contributed by atoms with Gasteiger partial charge in [0.05, 0.1) is 17.4 Å². The highest BCUT2D eigenvalue weighted by molar-refractivity contribution is 6.11. The molecule has 2 N–H and O–H groups in total. The molecule has 0 atom stereocenters. The Morgan fingerprint density at radius 3 is 2.64 bits per heavy atom. The van der Waals surface area contributed by atoms with Gasteiger partial charge in [-0.2, -0.15) is 0 Å². The number of aromatic amines is 1. The van der Waals surface area contributed by atoms with Crippen molar-refractivity contribution < 1.29 is 4.79 Å². The van der Waals surface area contributed by atoms with Crippen LogP contribution in [0.1, 0.15) is 16.1 Å². The number of pyridine rings is 3. The van der Waals surface area contributed by atoms with Crippen LogP contribution in [0.4, 0.5) is 5.69 Å². The van der Waals surface area contributed by atoms with Gasteiger partial charge in [-0.05, 0) is 37.3 Å². The molecule has 7 heteroatoms. The summed E-state index contributed by atoms with van der Waals surface area (Å²) in [7, 11) is 0. The van der Waals surface area contributed by atoms with Gasteiger partial charge in [-0.3, -0.25) is 14.8 Å². The molecule has 4 aromatic heterocycles. The lowest BCUT2D eigenvalue weighted by atomic mass is 10.2. The van der Waals surface area contributed by atoms with Gasteiger partial charge in [0.2, 0.25) is 0 Å². The van der Waals surface area contributed by atoms with E-state index in [0.717, 1.165) is 11.3 Å². The highest BCUT2D eigenvalue weighted by Gasteiger charge is 2.15. The van der Waals surface area contributed by atoms with E-state index in [1.54, 1.807) is 30.9 Å². The topological polar surface area (TPSA) is 96.5 Å². The van der Waals surface area contributed by atoms with E-state index in [2.05, 4.69) is 30.2 Å². The average Bonchev–Trinajstić information content (AvgIpc) is 3.08. The molecule has 122 valence electrons. The van der Waals surface area contributed by atoms with Crippen LogP contribution in [0.2, 0.25) is 0 Å². The van der Waals surface area contributed by atoms with Gasteiger partial charge >= 0.3 is 0 Å². The summed E-state index contributed by atoms with van der Waals surface area (Å²) in [5.74, 6) is 0.382. The van der Waals surface area contributed by atoms with Gasteiger partial charge < -0.3 is 10.3 Å². The number of amides is 1. The Balaban J connectivity index is 1.70. The summed E-state index contributed by atoms with van der Waals surface area (Å²) < 4.78 is 0. The molecule has 0 unspecified atom stereocenters. The fraction of sp³-hybridized carbons (Fsp3) is 0.0556. The molecule has 0 aliphatic rings. The second-order valence-corrected chi connectivity index (χ2v) is 5.52. The third-order valence-electron chi connectivity index (χ3n) is 3.75. The quantitative estimate of drug-likeness (QED) is 0.602. The van der Waals surface area contributed by atoms with Gasteiger partial charge in [0.25, 0.3) is 5.91 Å². The standard InChI is InChI=1S/C18H14N6O/c1-11-2-3-13(10-21-11)22-18(25)14-6-9-20-17-15(14)23-16(24-17)12-4-7-19-8-5-12/h2-10H,1H3,(H,22,25)(H,20,23,24). The molecule has 0 aromatic carbocycles. The first kappa shape index (κ1) is 14.9. The molecule has 0 saturated heterocycles. The first-order chi connectivity index (χ1) is 12.2. The Kier molecular flexibility index (Phi) is 3.66. The number of rotatable bonds is 3. The van der Waals surface area contributed by atoms with E-state index >= 15 is 0 Å². The second kappa shape index (κ2) is 6.12. The zero-order valence-corrected chi connectivity index (χ0v) is 13.4. The molecule has 0 aliphatic heterocycles. The number of carbonyl (C=O) groups excluding carboxylic acids is 1. The monoisotopic (exact) mass is 330 g/mol. The van der Waals surface area contributed by atoms with Crippen LogP contribution in [0.5, 0.6) is 0 Å². The molecule has 0 fully saturated rings. The Hall–Kier alpha value is -3.61. The molecular weight excluding hydrogens is 316 g/mol. The van der Waals surface area contributed by atoms with Crippen molar-refractivity contribution in [1.29, 1.82) is 0 Å². The van der Waals surface area contributed by atoms with Crippen molar-refractivity contribution in [2.75, 3.05) is 5.32 Å². The summed E-state index contributed by atoms with van der Waals surface area (Å²) in [5, 5.41) is 2.83. The molecule has 0 radical (unpaired) electrons. The van der Waals surface area contributed by atoms with Crippen LogP contribution in [0.15, 0.2) is 55.1 Å². The highest BCUT2D eigenvalue weighted by atomic mass is 16.1. The van der Waals surface area contributed by atoms with Gasteiger partial charge in [0.1, 0.15) is 11.3 Å². The smallest absolute Gasteiger partial charge is 0.258 e. The summed E-state index contributed by atoms with van der Waals surface area (Å²) in [6.07, 6.45) is 6.58. The molecule has 25 heavy (non-hydrogen) atoms. The zero-order chi connectivity index (χ0) is 17.2. The number of aryl methyl sites for hydroxylation is 1. The highest BCUT2D eigenvalue weighted by Crippen LogP contribution is 2.21. The number of hydrogen-bond acceptors (Lipinski definition) is 5. The number of fused-ring (bicyclic) bond motifs is 1. The predicted molar refractivity (Wildman–Crippen MR) is 94.0 cm³/mol. The van der Waals surface area contributed by atoms with E-state index in [1.165, 1.54) is 0 Å². The molecule has 0 bridgehead atoms.